The first-order valence-corrected chi connectivity index (χ1v) is 3.86. The SMILES string of the molecule is C=CNc1cc(C)ncc1C(F)(F)F. The van der Waals surface area contributed by atoms with Gasteiger partial charge < -0.3 is 5.32 Å². The maximum atomic E-state index is 12.4. The molecule has 0 saturated heterocycles. The molecule has 0 aromatic carbocycles. The summed E-state index contributed by atoms with van der Waals surface area (Å²) in [6, 6.07) is 1.32. The van der Waals surface area contributed by atoms with Gasteiger partial charge in [0.15, 0.2) is 0 Å². The molecule has 1 aromatic rings. The standard InChI is InChI=1S/C9H9F3N2/c1-3-13-8-4-6(2)14-5-7(8)9(10,11)12/h3-5H,1H2,2H3,(H,13,14). The Bertz CT molecular complexity index is 344. The van der Waals surface area contributed by atoms with Gasteiger partial charge in [0.2, 0.25) is 0 Å². The van der Waals surface area contributed by atoms with Crippen LogP contribution in [-0.4, -0.2) is 4.98 Å². The van der Waals surface area contributed by atoms with E-state index in [0.717, 1.165) is 6.20 Å². The van der Waals surface area contributed by atoms with Crippen LogP contribution in [0.4, 0.5) is 18.9 Å². The van der Waals surface area contributed by atoms with Crippen LogP contribution in [0.5, 0.6) is 0 Å². The molecule has 76 valence electrons. The van der Waals surface area contributed by atoms with E-state index in [4.69, 9.17) is 0 Å². The molecule has 0 aliphatic carbocycles. The van der Waals surface area contributed by atoms with Gasteiger partial charge in [-0.1, -0.05) is 6.58 Å². The number of aromatic nitrogens is 1. The van der Waals surface area contributed by atoms with Crippen molar-refractivity contribution >= 4 is 5.69 Å². The van der Waals surface area contributed by atoms with Gasteiger partial charge in [0.1, 0.15) is 0 Å². The van der Waals surface area contributed by atoms with Crippen LogP contribution in [0.25, 0.3) is 0 Å². The minimum atomic E-state index is -4.40. The van der Waals surface area contributed by atoms with Gasteiger partial charge in [0.05, 0.1) is 11.3 Å². The summed E-state index contributed by atoms with van der Waals surface area (Å²) in [4.78, 5) is 3.59. The van der Waals surface area contributed by atoms with Crippen LogP contribution < -0.4 is 5.32 Å². The van der Waals surface area contributed by atoms with E-state index in [1.807, 2.05) is 0 Å². The summed E-state index contributed by atoms with van der Waals surface area (Å²) in [5.41, 5.74) is -0.301. The molecule has 0 aliphatic heterocycles. The summed E-state index contributed by atoms with van der Waals surface area (Å²) in [6.45, 7) is 4.93. The second-order valence-corrected chi connectivity index (χ2v) is 2.72. The normalized spacial score (nSPS) is 11.1. The summed E-state index contributed by atoms with van der Waals surface area (Å²) >= 11 is 0. The molecule has 0 radical (unpaired) electrons. The zero-order chi connectivity index (χ0) is 10.8. The summed E-state index contributed by atoms with van der Waals surface area (Å²) in [7, 11) is 0. The van der Waals surface area contributed by atoms with Crippen LogP contribution in [0, 0.1) is 6.92 Å². The van der Waals surface area contributed by atoms with E-state index in [2.05, 4.69) is 16.9 Å². The Morgan fingerprint density at radius 1 is 1.50 bits per heavy atom. The molecule has 0 saturated carbocycles. The second kappa shape index (κ2) is 3.69. The number of aryl methyl sites for hydroxylation is 1. The van der Waals surface area contributed by atoms with Gasteiger partial charge in [-0.3, -0.25) is 4.98 Å². The number of anilines is 1. The number of hydrogen-bond acceptors (Lipinski definition) is 2. The van der Waals surface area contributed by atoms with E-state index >= 15 is 0 Å². The van der Waals surface area contributed by atoms with E-state index < -0.39 is 11.7 Å². The average molecular weight is 202 g/mol. The highest BCUT2D eigenvalue weighted by Gasteiger charge is 2.33. The Labute approximate surface area is 79.5 Å². The predicted molar refractivity (Wildman–Crippen MR) is 47.8 cm³/mol. The molecule has 1 heterocycles. The average Bonchev–Trinajstić information content (AvgIpc) is 2.02. The Morgan fingerprint density at radius 2 is 2.14 bits per heavy atom. The van der Waals surface area contributed by atoms with E-state index in [9.17, 15) is 13.2 Å². The molecule has 0 spiro atoms. The van der Waals surface area contributed by atoms with Crippen LogP contribution >= 0.6 is 0 Å². The van der Waals surface area contributed by atoms with Gasteiger partial charge in [0.25, 0.3) is 0 Å². The molecular weight excluding hydrogens is 193 g/mol. The number of alkyl halides is 3. The van der Waals surface area contributed by atoms with E-state index in [1.54, 1.807) is 6.92 Å². The van der Waals surface area contributed by atoms with E-state index in [1.165, 1.54) is 12.3 Å². The maximum Gasteiger partial charge on any atom is 0.419 e. The Morgan fingerprint density at radius 3 is 2.64 bits per heavy atom. The van der Waals surface area contributed by atoms with Gasteiger partial charge in [-0.25, -0.2) is 0 Å². The fourth-order valence-electron chi connectivity index (χ4n) is 1.02. The van der Waals surface area contributed by atoms with Crippen LogP contribution in [0.15, 0.2) is 25.0 Å². The number of nitrogens with one attached hydrogen (secondary N) is 1. The van der Waals surface area contributed by atoms with Gasteiger partial charge >= 0.3 is 6.18 Å². The van der Waals surface area contributed by atoms with Gasteiger partial charge in [-0.2, -0.15) is 13.2 Å². The number of pyridine rings is 1. The first kappa shape index (κ1) is 10.6. The van der Waals surface area contributed by atoms with Crippen molar-refractivity contribution in [2.24, 2.45) is 0 Å². The van der Waals surface area contributed by atoms with Crippen molar-refractivity contribution in [3.05, 3.63) is 36.3 Å². The molecule has 0 fully saturated rings. The van der Waals surface area contributed by atoms with Crippen LogP contribution in [-0.2, 0) is 6.18 Å². The number of rotatable bonds is 2. The second-order valence-electron chi connectivity index (χ2n) is 2.72. The summed E-state index contributed by atoms with van der Waals surface area (Å²) < 4.78 is 37.2. The maximum absolute atomic E-state index is 12.4. The molecule has 1 N–H and O–H groups in total. The lowest BCUT2D eigenvalue weighted by Gasteiger charge is -2.12. The zero-order valence-corrected chi connectivity index (χ0v) is 7.52. The highest BCUT2D eigenvalue weighted by Crippen LogP contribution is 2.34. The summed E-state index contributed by atoms with van der Waals surface area (Å²) in [5, 5.41) is 2.43. The minimum absolute atomic E-state index is 0.0278. The molecule has 2 nitrogen and oxygen atoms in total. The van der Waals surface area contributed by atoms with Gasteiger partial charge in [-0.05, 0) is 19.2 Å². The Kier molecular flexibility index (Phi) is 2.78. The monoisotopic (exact) mass is 202 g/mol. The lowest BCUT2D eigenvalue weighted by Crippen LogP contribution is -2.09. The van der Waals surface area contributed by atoms with Crippen LogP contribution in [0.3, 0.4) is 0 Å². The van der Waals surface area contributed by atoms with Crippen LogP contribution in [0.2, 0.25) is 0 Å². The zero-order valence-electron chi connectivity index (χ0n) is 7.52. The third kappa shape index (κ3) is 2.25. The number of nitrogens with zero attached hydrogens (tertiary/aromatic N) is 1. The quantitative estimate of drug-likeness (QED) is 0.797. The van der Waals surface area contributed by atoms with Crippen molar-refractivity contribution in [1.82, 2.24) is 4.98 Å². The van der Waals surface area contributed by atoms with Crippen molar-refractivity contribution in [3.8, 4) is 0 Å². The number of halogens is 3. The molecule has 1 rings (SSSR count). The Hall–Kier alpha value is -1.52. The van der Waals surface area contributed by atoms with Gasteiger partial charge in [-0.15, -0.1) is 0 Å². The summed E-state index contributed by atoms with van der Waals surface area (Å²) in [6.07, 6.45) is -2.39. The Balaban J connectivity index is 3.21. The highest BCUT2D eigenvalue weighted by atomic mass is 19.4. The first-order chi connectivity index (χ1) is 6.45. The fraction of sp³-hybridized carbons (Fsp3) is 0.222. The molecule has 14 heavy (non-hydrogen) atoms. The molecular formula is C9H9F3N2. The van der Waals surface area contributed by atoms with Crippen LogP contribution in [0.1, 0.15) is 11.3 Å². The van der Waals surface area contributed by atoms with E-state index in [0.29, 0.717) is 5.69 Å². The van der Waals surface area contributed by atoms with Crippen molar-refractivity contribution in [1.29, 1.82) is 0 Å². The molecule has 0 bridgehead atoms. The molecule has 0 amide bonds. The molecule has 0 unspecified atom stereocenters. The predicted octanol–water partition coefficient (Wildman–Crippen LogP) is 2.96. The molecule has 1 aromatic heterocycles. The van der Waals surface area contributed by atoms with Crippen molar-refractivity contribution in [2.45, 2.75) is 13.1 Å². The molecule has 0 aliphatic rings. The smallest absolute Gasteiger partial charge is 0.362 e. The minimum Gasteiger partial charge on any atom is -0.362 e. The number of hydrogen-bond donors (Lipinski definition) is 1. The largest absolute Gasteiger partial charge is 0.419 e. The highest BCUT2D eigenvalue weighted by molar-refractivity contribution is 5.53. The van der Waals surface area contributed by atoms with Crippen molar-refractivity contribution < 1.29 is 13.2 Å². The van der Waals surface area contributed by atoms with Crippen molar-refractivity contribution in [2.75, 3.05) is 5.32 Å². The molecule has 0 atom stereocenters. The lowest BCUT2D eigenvalue weighted by molar-refractivity contribution is -0.137. The van der Waals surface area contributed by atoms with Gasteiger partial charge in [0, 0.05) is 11.9 Å². The topological polar surface area (TPSA) is 24.9 Å². The van der Waals surface area contributed by atoms with Crippen molar-refractivity contribution in [3.63, 3.8) is 0 Å². The third-order valence-electron chi connectivity index (χ3n) is 1.60. The summed E-state index contributed by atoms with van der Waals surface area (Å²) in [5.74, 6) is 0. The lowest BCUT2D eigenvalue weighted by atomic mass is 10.2. The fourth-order valence-corrected chi connectivity index (χ4v) is 1.02. The first-order valence-electron chi connectivity index (χ1n) is 3.86. The van der Waals surface area contributed by atoms with E-state index in [-0.39, 0.29) is 5.69 Å². The molecule has 5 heteroatoms. The third-order valence-corrected chi connectivity index (χ3v) is 1.60.